The van der Waals surface area contributed by atoms with E-state index in [9.17, 15) is 13.2 Å². The molecule has 0 fully saturated rings. The topological polar surface area (TPSA) is 0 Å². The first-order valence-corrected chi connectivity index (χ1v) is 6.27. The summed E-state index contributed by atoms with van der Waals surface area (Å²) in [5.41, 5.74) is -0.398. The maximum absolute atomic E-state index is 13.2. The van der Waals surface area contributed by atoms with Crippen LogP contribution in [0.2, 0.25) is 0 Å². The van der Waals surface area contributed by atoms with Crippen molar-refractivity contribution in [3.05, 3.63) is 67.8 Å². The van der Waals surface area contributed by atoms with Crippen LogP contribution in [-0.2, 0) is 6.18 Å². The third kappa shape index (κ3) is 3.39. The molecule has 0 aliphatic heterocycles. The molecule has 20 heavy (non-hydrogen) atoms. The van der Waals surface area contributed by atoms with E-state index in [0.717, 1.165) is 6.07 Å². The highest BCUT2D eigenvalue weighted by Crippen LogP contribution is 2.39. The second kappa shape index (κ2) is 6.57. The minimum Gasteiger partial charge on any atom is -0.281 e. The Balaban J connectivity index is 3.50. The van der Waals surface area contributed by atoms with Crippen LogP contribution in [0.25, 0.3) is 0 Å². The first-order chi connectivity index (χ1) is 9.41. The van der Waals surface area contributed by atoms with Crippen LogP contribution in [0, 0.1) is 0 Å². The molecule has 0 N–H and O–H groups in total. The molecule has 0 aliphatic rings. The van der Waals surface area contributed by atoms with E-state index in [1.54, 1.807) is 24.3 Å². The highest BCUT2D eigenvalue weighted by atomic mass is 19.4. The number of quaternary nitrogens is 1. The molecular formula is C16H19F3N+. The summed E-state index contributed by atoms with van der Waals surface area (Å²) in [7, 11) is 0. The Kier molecular flexibility index (Phi) is 5.34. The minimum atomic E-state index is -4.39. The largest absolute Gasteiger partial charge is 0.422 e. The molecule has 0 saturated carbocycles. The minimum absolute atomic E-state index is 0.0895. The number of hydrogen-bond acceptors (Lipinski definition) is 0. The lowest BCUT2D eigenvalue weighted by Crippen LogP contribution is -2.50. The molecule has 0 aromatic heterocycles. The molecule has 108 valence electrons. The first-order valence-electron chi connectivity index (χ1n) is 6.27. The van der Waals surface area contributed by atoms with Crippen molar-refractivity contribution in [2.75, 3.05) is 19.6 Å². The summed E-state index contributed by atoms with van der Waals surface area (Å²) in [6.07, 6.45) is 0.490. The third-order valence-electron chi connectivity index (χ3n) is 3.16. The van der Waals surface area contributed by atoms with Crippen LogP contribution in [0.1, 0.15) is 5.56 Å². The number of hydrogen-bond donors (Lipinski definition) is 0. The van der Waals surface area contributed by atoms with Crippen molar-refractivity contribution in [1.29, 1.82) is 0 Å². The van der Waals surface area contributed by atoms with Gasteiger partial charge < -0.3 is 0 Å². The quantitative estimate of drug-likeness (QED) is 0.507. The molecule has 0 unspecified atom stereocenters. The van der Waals surface area contributed by atoms with Gasteiger partial charge in [-0.05, 0) is 30.4 Å². The Bertz CT molecular complexity index is 462. The standard InChI is InChI=1S/C16H19F3N/c1-4-11-20(12-5-2,13-6-3)15-10-8-7-9-14(15)16(17,18)19/h4-10H,1-3,11-13H2/q+1. The van der Waals surface area contributed by atoms with E-state index in [4.69, 9.17) is 0 Å². The lowest BCUT2D eigenvalue weighted by molar-refractivity contribution is -0.137. The number of para-hydroxylation sites is 1. The van der Waals surface area contributed by atoms with Crippen LogP contribution < -0.4 is 4.48 Å². The van der Waals surface area contributed by atoms with Crippen molar-refractivity contribution in [3.8, 4) is 0 Å². The third-order valence-corrected chi connectivity index (χ3v) is 3.16. The summed E-state index contributed by atoms with van der Waals surface area (Å²) in [5.74, 6) is 0. The van der Waals surface area contributed by atoms with Gasteiger partial charge >= 0.3 is 6.18 Å². The Morgan fingerprint density at radius 2 is 1.35 bits per heavy atom. The maximum Gasteiger partial charge on any atom is 0.422 e. The van der Waals surface area contributed by atoms with Gasteiger partial charge in [-0.3, -0.25) is 4.48 Å². The number of nitrogens with zero attached hydrogens (tertiary/aromatic N) is 1. The van der Waals surface area contributed by atoms with Gasteiger partial charge in [-0.2, -0.15) is 13.2 Å². The van der Waals surface area contributed by atoms with E-state index in [1.807, 2.05) is 0 Å². The van der Waals surface area contributed by atoms with Crippen molar-refractivity contribution in [2.24, 2.45) is 0 Å². The smallest absolute Gasteiger partial charge is 0.281 e. The fourth-order valence-electron chi connectivity index (χ4n) is 2.39. The van der Waals surface area contributed by atoms with E-state index < -0.39 is 11.7 Å². The van der Waals surface area contributed by atoms with Gasteiger partial charge in [0, 0.05) is 0 Å². The zero-order chi connectivity index (χ0) is 15.2. The van der Waals surface area contributed by atoms with Gasteiger partial charge in [0.15, 0.2) is 0 Å². The molecule has 0 aliphatic carbocycles. The fourth-order valence-corrected chi connectivity index (χ4v) is 2.39. The van der Waals surface area contributed by atoms with Crippen molar-refractivity contribution in [1.82, 2.24) is 4.48 Å². The predicted octanol–water partition coefficient (Wildman–Crippen LogP) is 4.57. The summed E-state index contributed by atoms with van der Waals surface area (Å²) in [5, 5.41) is 0. The second-order valence-corrected chi connectivity index (χ2v) is 4.57. The average Bonchev–Trinajstić information content (AvgIpc) is 2.38. The molecule has 1 nitrogen and oxygen atoms in total. The van der Waals surface area contributed by atoms with E-state index in [1.165, 1.54) is 12.1 Å². The predicted molar refractivity (Wildman–Crippen MR) is 78.4 cm³/mol. The molecule has 0 atom stereocenters. The van der Waals surface area contributed by atoms with Gasteiger partial charge in [-0.15, -0.1) is 0 Å². The van der Waals surface area contributed by atoms with Crippen molar-refractivity contribution < 1.29 is 13.2 Å². The van der Waals surface area contributed by atoms with E-state index >= 15 is 0 Å². The summed E-state index contributed by atoms with van der Waals surface area (Å²) >= 11 is 0. The summed E-state index contributed by atoms with van der Waals surface area (Å²) in [6.45, 7) is 12.1. The summed E-state index contributed by atoms with van der Waals surface area (Å²) < 4.78 is 39.7. The molecule has 4 heteroatoms. The Morgan fingerprint density at radius 3 is 1.75 bits per heavy atom. The molecule has 0 heterocycles. The maximum atomic E-state index is 13.2. The van der Waals surface area contributed by atoms with Gasteiger partial charge in [0.05, 0.1) is 0 Å². The lowest BCUT2D eigenvalue weighted by atomic mass is 10.1. The SMILES string of the molecule is C=CC[N+](CC=C)(CC=C)c1ccccc1C(F)(F)F. The number of rotatable bonds is 7. The van der Waals surface area contributed by atoms with Gasteiger partial charge in [0.2, 0.25) is 0 Å². The Morgan fingerprint density at radius 1 is 0.900 bits per heavy atom. The van der Waals surface area contributed by atoms with Crippen LogP contribution >= 0.6 is 0 Å². The molecule has 0 saturated heterocycles. The molecule has 0 bridgehead atoms. The number of halogens is 3. The van der Waals surface area contributed by atoms with Crippen LogP contribution in [0.15, 0.2) is 62.2 Å². The zero-order valence-electron chi connectivity index (χ0n) is 11.4. The average molecular weight is 282 g/mol. The van der Waals surface area contributed by atoms with Crippen molar-refractivity contribution in [3.63, 3.8) is 0 Å². The second-order valence-electron chi connectivity index (χ2n) is 4.57. The van der Waals surface area contributed by atoms with Gasteiger partial charge in [0.1, 0.15) is 30.9 Å². The highest BCUT2D eigenvalue weighted by Gasteiger charge is 2.40. The highest BCUT2D eigenvalue weighted by molar-refractivity contribution is 5.53. The van der Waals surface area contributed by atoms with Gasteiger partial charge in [-0.1, -0.05) is 31.9 Å². The molecule has 0 amide bonds. The summed E-state index contributed by atoms with van der Waals surface area (Å²) in [6, 6.07) is 5.64. The van der Waals surface area contributed by atoms with E-state index in [0.29, 0.717) is 19.6 Å². The number of alkyl halides is 3. The fraction of sp³-hybridized carbons (Fsp3) is 0.250. The normalized spacial score (nSPS) is 11.9. The van der Waals surface area contributed by atoms with Crippen LogP contribution in [-0.4, -0.2) is 19.6 Å². The molecule has 1 rings (SSSR count). The molecule has 1 aromatic carbocycles. The first kappa shape index (κ1) is 16.2. The van der Waals surface area contributed by atoms with Crippen molar-refractivity contribution >= 4 is 5.69 Å². The zero-order valence-corrected chi connectivity index (χ0v) is 11.4. The van der Waals surface area contributed by atoms with Gasteiger partial charge in [-0.25, -0.2) is 0 Å². The van der Waals surface area contributed by atoms with Crippen LogP contribution in [0.5, 0.6) is 0 Å². The molecular weight excluding hydrogens is 263 g/mol. The van der Waals surface area contributed by atoms with Crippen molar-refractivity contribution in [2.45, 2.75) is 6.18 Å². The lowest BCUT2D eigenvalue weighted by Gasteiger charge is -2.37. The molecule has 0 radical (unpaired) electrons. The van der Waals surface area contributed by atoms with Crippen LogP contribution in [0.3, 0.4) is 0 Å². The monoisotopic (exact) mass is 282 g/mol. The van der Waals surface area contributed by atoms with Crippen LogP contribution in [0.4, 0.5) is 18.9 Å². The Labute approximate surface area is 117 Å². The van der Waals surface area contributed by atoms with Gasteiger partial charge in [0.25, 0.3) is 0 Å². The number of benzene rings is 1. The Hall–Kier alpha value is -1.81. The van der Waals surface area contributed by atoms with E-state index in [2.05, 4.69) is 19.7 Å². The molecule has 1 aromatic rings. The van der Waals surface area contributed by atoms with E-state index in [-0.39, 0.29) is 10.2 Å². The molecule has 0 spiro atoms. The summed E-state index contributed by atoms with van der Waals surface area (Å²) in [4.78, 5) is 0.